The molecule has 0 fully saturated rings. The zero-order valence-corrected chi connectivity index (χ0v) is 12.2. The van der Waals surface area contributed by atoms with E-state index in [1.54, 1.807) is 10.6 Å². The number of aryl methyl sites for hydroxylation is 1. The third-order valence-corrected chi connectivity index (χ3v) is 3.60. The van der Waals surface area contributed by atoms with Crippen molar-refractivity contribution in [3.63, 3.8) is 0 Å². The molecule has 110 valence electrons. The monoisotopic (exact) mass is 292 g/mol. The molecular weight excluding hydrogens is 276 g/mol. The van der Waals surface area contributed by atoms with Gasteiger partial charge in [0.25, 0.3) is 5.56 Å². The quantitative estimate of drug-likeness (QED) is 0.751. The van der Waals surface area contributed by atoms with Crippen LogP contribution in [0.5, 0.6) is 5.75 Å². The van der Waals surface area contributed by atoms with E-state index in [0.717, 1.165) is 11.2 Å². The standard InChI is InChI=1S/C18H16N2O2/c1-2-20-16-11-7-6-10-14(16)17(21)15(18(20)22)12-19-13-8-4-3-5-9-13/h3-12,21H,2H2,1H3. The van der Waals surface area contributed by atoms with Crippen LogP contribution in [-0.2, 0) is 6.54 Å². The number of nitrogens with zero attached hydrogens (tertiary/aromatic N) is 2. The Bertz CT molecular complexity index is 896. The summed E-state index contributed by atoms with van der Waals surface area (Å²) in [5.74, 6) is -0.0232. The van der Waals surface area contributed by atoms with Gasteiger partial charge in [0.15, 0.2) is 0 Å². The predicted molar refractivity (Wildman–Crippen MR) is 89.2 cm³/mol. The molecule has 0 bridgehead atoms. The summed E-state index contributed by atoms with van der Waals surface area (Å²) in [5.41, 5.74) is 1.43. The summed E-state index contributed by atoms with van der Waals surface area (Å²) in [7, 11) is 0. The Labute approximate surface area is 128 Å². The normalized spacial score (nSPS) is 11.3. The van der Waals surface area contributed by atoms with Gasteiger partial charge in [-0.05, 0) is 31.2 Å². The Morgan fingerprint density at radius 2 is 1.77 bits per heavy atom. The van der Waals surface area contributed by atoms with Crippen LogP contribution >= 0.6 is 0 Å². The number of benzene rings is 2. The maximum atomic E-state index is 12.6. The van der Waals surface area contributed by atoms with Crippen LogP contribution in [0.4, 0.5) is 5.69 Å². The molecule has 1 N–H and O–H groups in total. The molecular formula is C18H16N2O2. The van der Waals surface area contributed by atoms with Gasteiger partial charge in [-0.2, -0.15) is 0 Å². The van der Waals surface area contributed by atoms with Gasteiger partial charge in [0.05, 0.1) is 11.2 Å². The van der Waals surface area contributed by atoms with Crippen molar-refractivity contribution in [1.82, 2.24) is 4.57 Å². The van der Waals surface area contributed by atoms with Crippen molar-refractivity contribution in [3.8, 4) is 5.75 Å². The molecule has 3 rings (SSSR count). The zero-order chi connectivity index (χ0) is 15.5. The topological polar surface area (TPSA) is 54.6 Å². The van der Waals surface area contributed by atoms with Crippen LogP contribution in [0, 0.1) is 0 Å². The Kier molecular flexibility index (Phi) is 3.74. The van der Waals surface area contributed by atoms with Crippen molar-refractivity contribution in [2.75, 3.05) is 0 Å². The first-order chi connectivity index (χ1) is 10.7. The minimum atomic E-state index is -0.238. The van der Waals surface area contributed by atoms with Crippen LogP contribution in [0.15, 0.2) is 64.4 Å². The minimum absolute atomic E-state index is 0.0232. The van der Waals surface area contributed by atoms with Crippen LogP contribution in [0.1, 0.15) is 12.5 Å². The first-order valence-corrected chi connectivity index (χ1v) is 7.16. The lowest BCUT2D eigenvalue weighted by Crippen LogP contribution is -2.23. The lowest BCUT2D eigenvalue weighted by Gasteiger charge is -2.11. The molecule has 0 saturated carbocycles. The third kappa shape index (κ3) is 2.39. The van der Waals surface area contributed by atoms with Gasteiger partial charge in [-0.3, -0.25) is 9.79 Å². The highest BCUT2D eigenvalue weighted by molar-refractivity contribution is 5.95. The number of rotatable bonds is 3. The molecule has 2 aromatic carbocycles. The van der Waals surface area contributed by atoms with E-state index < -0.39 is 0 Å². The first kappa shape index (κ1) is 14.1. The number of aromatic hydroxyl groups is 1. The second-order valence-electron chi connectivity index (χ2n) is 4.92. The van der Waals surface area contributed by atoms with E-state index in [1.807, 2.05) is 55.5 Å². The first-order valence-electron chi connectivity index (χ1n) is 7.16. The molecule has 4 heteroatoms. The van der Waals surface area contributed by atoms with E-state index in [4.69, 9.17) is 0 Å². The number of fused-ring (bicyclic) bond motifs is 1. The summed E-state index contributed by atoms with van der Waals surface area (Å²) in [5, 5.41) is 11.1. The van der Waals surface area contributed by atoms with Crippen LogP contribution in [0.3, 0.4) is 0 Å². The summed E-state index contributed by atoms with van der Waals surface area (Å²) in [6, 6.07) is 16.6. The lowest BCUT2D eigenvalue weighted by atomic mass is 10.1. The molecule has 0 aliphatic rings. The number of pyridine rings is 1. The van der Waals surface area contributed by atoms with Gasteiger partial charge in [0.1, 0.15) is 11.3 Å². The molecule has 22 heavy (non-hydrogen) atoms. The molecule has 0 unspecified atom stereocenters. The fraction of sp³-hybridized carbons (Fsp3) is 0.111. The minimum Gasteiger partial charge on any atom is -0.506 e. The van der Waals surface area contributed by atoms with Crippen LogP contribution in [-0.4, -0.2) is 15.9 Å². The highest BCUT2D eigenvalue weighted by Gasteiger charge is 2.13. The van der Waals surface area contributed by atoms with Gasteiger partial charge in [0, 0.05) is 18.1 Å². The molecule has 1 heterocycles. The number of aromatic nitrogens is 1. The molecule has 0 aliphatic carbocycles. The van der Waals surface area contributed by atoms with E-state index >= 15 is 0 Å². The smallest absolute Gasteiger partial charge is 0.263 e. The Morgan fingerprint density at radius 3 is 2.50 bits per heavy atom. The van der Waals surface area contributed by atoms with Gasteiger partial charge >= 0.3 is 0 Å². The summed E-state index contributed by atoms with van der Waals surface area (Å²) >= 11 is 0. The van der Waals surface area contributed by atoms with Gasteiger partial charge in [-0.1, -0.05) is 30.3 Å². The summed E-state index contributed by atoms with van der Waals surface area (Å²) in [4.78, 5) is 16.8. The highest BCUT2D eigenvalue weighted by atomic mass is 16.3. The maximum absolute atomic E-state index is 12.6. The summed E-state index contributed by atoms with van der Waals surface area (Å²) in [6.07, 6.45) is 1.44. The van der Waals surface area contributed by atoms with Crippen LogP contribution in [0.25, 0.3) is 10.9 Å². The van der Waals surface area contributed by atoms with Crippen molar-refractivity contribution in [2.24, 2.45) is 4.99 Å². The van der Waals surface area contributed by atoms with Crippen molar-refractivity contribution < 1.29 is 5.11 Å². The molecule has 0 saturated heterocycles. The molecule has 0 aliphatic heterocycles. The van der Waals surface area contributed by atoms with E-state index in [-0.39, 0.29) is 16.9 Å². The number of hydrogen-bond donors (Lipinski definition) is 1. The van der Waals surface area contributed by atoms with Crippen LogP contribution < -0.4 is 5.56 Å². The van der Waals surface area contributed by atoms with Crippen molar-refractivity contribution in [3.05, 3.63) is 70.5 Å². The van der Waals surface area contributed by atoms with Crippen molar-refractivity contribution in [1.29, 1.82) is 0 Å². The Hall–Kier alpha value is -2.88. The summed E-state index contributed by atoms with van der Waals surface area (Å²) < 4.78 is 1.64. The van der Waals surface area contributed by atoms with E-state index in [1.165, 1.54) is 6.21 Å². The van der Waals surface area contributed by atoms with Crippen molar-refractivity contribution >= 4 is 22.8 Å². The SMILES string of the molecule is CCn1c(=O)c(C=Nc2ccccc2)c(O)c2ccccc21. The molecule has 0 atom stereocenters. The average molecular weight is 292 g/mol. The fourth-order valence-corrected chi connectivity index (χ4v) is 2.49. The predicted octanol–water partition coefficient (Wildman–Crippen LogP) is 3.48. The number of aliphatic imine (C=N–C) groups is 1. The molecule has 4 nitrogen and oxygen atoms in total. The number of para-hydroxylation sites is 2. The third-order valence-electron chi connectivity index (χ3n) is 3.60. The fourth-order valence-electron chi connectivity index (χ4n) is 2.49. The zero-order valence-electron chi connectivity index (χ0n) is 12.2. The van der Waals surface area contributed by atoms with Gasteiger partial charge in [-0.25, -0.2) is 0 Å². The van der Waals surface area contributed by atoms with Crippen molar-refractivity contribution in [2.45, 2.75) is 13.5 Å². The largest absolute Gasteiger partial charge is 0.506 e. The molecule has 1 aromatic heterocycles. The molecule has 0 amide bonds. The maximum Gasteiger partial charge on any atom is 0.263 e. The number of hydrogen-bond acceptors (Lipinski definition) is 3. The van der Waals surface area contributed by atoms with Gasteiger partial charge < -0.3 is 9.67 Å². The lowest BCUT2D eigenvalue weighted by molar-refractivity contribution is 0.478. The van der Waals surface area contributed by atoms with E-state index in [0.29, 0.717) is 11.9 Å². The Morgan fingerprint density at radius 1 is 1.09 bits per heavy atom. The highest BCUT2D eigenvalue weighted by Crippen LogP contribution is 2.25. The van der Waals surface area contributed by atoms with E-state index in [9.17, 15) is 9.90 Å². The van der Waals surface area contributed by atoms with E-state index in [2.05, 4.69) is 4.99 Å². The molecule has 3 aromatic rings. The van der Waals surface area contributed by atoms with Crippen LogP contribution in [0.2, 0.25) is 0 Å². The van der Waals surface area contributed by atoms with Gasteiger partial charge in [-0.15, -0.1) is 0 Å². The Balaban J connectivity index is 2.22. The molecule has 0 radical (unpaired) electrons. The van der Waals surface area contributed by atoms with Gasteiger partial charge in [0.2, 0.25) is 0 Å². The summed E-state index contributed by atoms with van der Waals surface area (Å²) in [6.45, 7) is 2.44. The second-order valence-corrected chi connectivity index (χ2v) is 4.92. The average Bonchev–Trinajstić information content (AvgIpc) is 2.56. The molecule has 0 spiro atoms. The second kappa shape index (κ2) is 5.85.